The van der Waals surface area contributed by atoms with Gasteiger partial charge in [-0.2, -0.15) is 5.10 Å². The van der Waals surface area contributed by atoms with E-state index < -0.39 is 0 Å². The summed E-state index contributed by atoms with van der Waals surface area (Å²) >= 11 is 7.64. The molecule has 2 aromatic heterocycles. The molecule has 0 atom stereocenters. The Hall–Kier alpha value is -1.65. The number of benzene rings is 1. The minimum Gasteiger partial charge on any atom is -0.258 e. The van der Waals surface area contributed by atoms with E-state index in [0.29, 0.717) is 10.8 Å². The minimum absolute atomic E-state index is 0.679. The van der Waals surface area contributed by atoms with Gasteiger partial charge in [0.15, 0.2) is 11.6 Å². The van der Waals surface area contributed by atoms with Crippen LogP contribution in [-0.2, 0) is 0 Å². The van der Waals surface area contributed by atoms with E-state index in [-0.39, 0.29) is 0 Å². The average Bonchev–Trinajstić information content (AvgIpc) is 3.00. The van der Waals surface area contributed by atoms with Crippen LogP contribution in [0.5, 0.6) is 0 Å². The van der Waals surface area contributed by atoms with Gasteiger partial charge >= 0.3 is 0 Å². The first-order valence-corrected chi connectivity index (χ1v) is 6.72. The largest absolute Gasteiger partial charge is 0.258 e. The SMILES string of the molecule is Cc1ccc(Cl)cc1-c1n[nH]c(-c2cccs2)n1. The number of H-pyrrole nitrogens is 1. The Bertz CT molecular complexity index is 673. The zero-order chi connectivity index (χ0) is 12.5. The Morgan fingerprint density at radius 1 is 1.28 bits per heavy atom. The lowest BCUT2D eigenvalue weighted by Crippen LogP contribution is -1.85. The van der Waals surface area contributed by atoms with E-state index in [0.717, 1.165) is 21.8 Å². The van der Waals surface area contributed by atoms with Gasteiger partial charge in [-0.25, -0.2) is 4.98 Å². The summed E-state index contributed by atoms with van der Waals surface area (Å²) in [4.78, 5) is 5.59. The second kappa shape index (κ2) is 4.55. The van der Waals surface area contributed by atoms with Crippen molar-refractivity contribution in [1.82, 2.24) is 15.2 Å². The number of aromatic amines is 1. The molecule has 2 heterocycles. The first-order chi connectivity index (χ1) is 8.74. The molecular weight excluding hydrogens is 266 g/mol. The molecular formula is C13H10ClN3S. The fourth-order valence-corrected chi connectivity index (χ4v) is 2.58. The van der Waals surface area contributed by atoms with Crippen molar-refractivity contribution in [3.05, 3.63) is 46.3 Å². The van der Waals surface area contributed by atoms with Crippen LogP contribution in [0.3, 0.4) is 0 Å². The first kappa shape index (κ1) is 11.4. The molecule has 3 rings (SSSR count). The Labute approximate surface area is 113 Å². The fraction of sp³-hybridized carbons (Fsp3) is 0.0769. The monoisotopic (exact) mass is 275 g/mol. The van der Waals surface area contributed by atoms with Crippen LogP contribution >= 0.6 is 22.9 Å². The van der Waals surface area contributed by atoms with Crippen LogP contribution in [0.4, 0.5) is 0 Å². The molecule has 3 nitrogen and oxygen atoms in total. The lowest BCUT2D eigenvalue weighted by atomic mass is 10.1. The Morgan fingerprint density at radius 2 is 2.17 bits per heavy atom. The highest BCUT2D eigenvalue weighted by atomic mass is 35.5. The zero-order valence-electron chi connectivity index (χ0n) is 9.64. The van der Waals surface area contributed by atoms with E-state index >= 15 is 0 Å². The van der Waals surface area contributed by atoms with Crippen LogP contribution in [0, 0.1) is 6.92 Å². The Morgan fingerprint density at radius 3 is 2.94 bits per heavy atom. The highest BCUT2D eigenvalue weighted by molar-refractivity contribution is 7.13. The van der Waals surface area contributed by atoms with Crippen molar-refractivity contribution >= 4 is 22.9 Å². The standard InChI is InChI=1S/C13H10ClN3S/c1-8-4-5-9(14)7-10(8)12-15-13(17-16-12)11-3-2-6-18-11/h2-7H,1H3,(H,15,16,17). The second-order valence-corrected chi connectivity index (χ2v) is 5.33. The number of hydrogen-bond acceptors (Lipinski definition) is 3. The summed E-state index contributed by atoms with van der Waals surface area (Å²) in [5.41, 5.74) is 2.07. The van der Waals surface area contributed by atoms with Gasteiger partial charge in [-0.1, -0.05) is 23.7 Å². The minimum atomic E-state index is 0.679. The summed E-state index contributed by atoms with van der Waals surface area (Å²) < 4.78 is 0. The number of halogens is 1. The number of aromatic nitrogens is 3. The molecule has 0 aliphatic heterocycles. The molecule has 0 aliphatic carbocycles. The van der Waals surface area contributed by atoms with E-state index in [9.17, 15) is 0 Å². The van der Waals surface area contributed by atoms with E-state index in [2.05, 4.69) is 15.2 Å². The maximum Gasteiger partial charge on any atom is 0.181 e. The van der Waals surface area contributed by atoms with Crippen molar-refractivity contribution in [2.75, 3.05) is 0 Å². The topological polar surface area (TPSA) is 41.6 Å². The van der Waals surface area contributed by atoms with Gasteiger partial charge in [-0.3, -0.25) is 5.10 Å². The highest BCUT2D eigenvalue weighted by Gasteiger charge is 2.10. The normalized spacial score (nSPS) is 10.8. The molecule has 0 amide bonds. The maximum atomic E-state index is 6.01. The van der Waals surface area contributed by atoms with Crippen LogP contribution in [-0.4, -0.2) is 15.2 Å². The molecule has 0 saturated carbocycles. The number of nitrogens with zero attached hydrogens (tertiary/aromatic N) is 2. The number of aryl methyl sites for hydroxylation is 1. The van der Waals surface area contributed by atoms with Crippen LogP contribution in [0.15, 0.2) is 35.7 Å². The third-order valence-corrected chi connectivity index (χ3v) is 3.79. The molecule has 0 unspecified atom stereocenters. The molecule has 1 aromatic carbocycles. The molecule has 0 bridgehead atoms. The first-order valence-electron chi connectivity index (χ1n) is 5.47. The summed E-state index contributed by atoms with van der Waals surface area (Å²) in [5.74, 6) is 1.47. The summed E-state index contributed by atoms with van der Waals surface area (Å²) in [6.45, 7) is 2.02. The predicted molar refractivity (Wildman–Crippen MR) is 74.9 cm³/mol. The quantitative estimate of drug-likeness (QED) is 0.763. The van der Waals surface area contributed by atoms with E-state index in [1.54, 1.807) is 11.3 Å². The smallest absolute Gasteiger partial charge is 0.181 e. The summed E-state index contributed by atoms with van der Waals surface area (Å²) in [5, 5.41) is 9.92. The zero-order valence-corrected chi connectivity index (χ0v) is 11.2. The van der Waals surface area contributed by atoms with Crippen LogP contribution in [0.25, 0.3) is 22.1 Å². The van der Waals surface area contributed by atoms with E-state index in [1.165, 1.54) is 0 Å². The van der Waals surface area contributed by atoms with Crippen LogP contribution in [0.2, 0.25) is 5.02 Å². The van der Waals surface area contributed by atoms with Crippen LogP contribution in [0.1, 0.15) is 5.56 Å². The predicted octanol–water partition coefficient (Wildman–Crippen LogP) is 4.16. The van der Waals surface area contributed by atoms with Gasteiger partial charge in [0.25, 0.3) is 0 Å². The number of hydrogen-bond donors (Lipinski definition) is 1. The van der Waals surface area contributed by atoms with Crippen molar-refractivity contribution in [1.29, 1.82) is 0 Å². The lowest BCUT2D eigenvalue weighted by Gasteiger charge is -2.01. The molecule has 0 fully saturated rings. The van der Waals surface area contributed by atoms with Gasteiger partial charge in [-0.05, 0) is 36.1 Å². The number of thiophene rings is 1. The van der Waals surface area contributed by atoms with Gasteiger partial charge < -0.3 is 0 Å². The summed E-state index contributed by atoms with van der Waals surface area (Å²) in [6.07, 6.45) is 0. The molecule has 1 N–H and O–H groups in total. The van der Waals surface area contributed by atoms with E-state index in [1.807, 2.05) is 42.6 Å². The number of rotatable bonds is 2. The second-order valence-electron chi connectivity index (χ2n) is 3.94. The molecule has 0 aliphatic rings. The molecule has 3 aromatic rings. The Kier molecular flexibility index (Phi) is 2.89. The maximum absolute atomic E-state index is 6.01. The van der Waals surface area contributed by atoms with Crippen molar-refractivity contribution < 1.29 is 0 Å². The average molecular weight is 276 g/mol. The van der Waals surface area contributed by atoms with E-state index in [4.69, 9.17) is 11.6 Å². The fourth-order valence-electron chi connectivity index (χ4n) is 1.74. The van der Waals surface area contributed by atoms with Crippen molar-refractivity contribution in [2.45, 2.75) is 6.92 Å². The van der Waals surface area contributed by atoms with Crippen molar-refractivity contribution in [2.24, 2.45) is 0 Å². The lowest BCUT2D eigenvalue weighted by molar-refractivity contribution is 1.10. The van der Waals surface area contributed by atoms with Gasteiger partial charge in [0.2, 0.25) is 0 Å². The van der Waals surface area contributed by atoms with Gasteiger partial charge in [0.1, 0.15) is 0 Å². The van der Waals surface area contributed by atoms with Gasteiger partial charge in [-0.15, -0.1) is 11.3 Å². The van der Waals surface area contributed by atoms with Crippen molar-refractivity contribution in [3.8, 4) is 22.1 Å². The summed E-state index contributed by atoms with van der Waals surface area (Å²) in [6, 6.07) is 9.73. The Balaban J connectivity index is 2.05. The van der Waals surface area contributed by atoms with Crippen LogP contribution < -0.4 is 0 Å². The highest BCUT2D eigenvalue weighted by Crippen LogP contribution is 2.27. The molecule has 5 heteroatoms. The third kappa shape index (κ3) is 2.05. The summed E-state index contributed by atoms with van der Waals surface area (Å²) in [7, 11) is 0. The van der Waals surface area contributed by atoms with Crippen molar-refractivity contribution in [3.63, 3.8) is 0 Å². The van der Waals surface area contributed by atoms with Gasteiger partial charge in [0.05, 0.1) is 4.88 Å². The number of nitrogens with one attached hydrogen (secondary N) is 1. The third-order valence-electron chi connectivity index (χ3n) is 2.68. The van der Waals surface area contributed by atoms with Gasteiger partial charge in [0, 0.05) is 10.6 Å². The molecule has 0 radical (unpaired) electrons. The molecule has 18 heavy (non-hydrogen) atoms. The molecule has 0 saturated heterocycles. The molecule has 0 spiro atoms. The molecule has 90 valence electrons.